The van der Waals surface area contributed by atoms with Crippen molar-refractivity contribution in [1.29, 1.82) is 0 Å². The third-order valence-corrected chi connectivity index (χ3v) is 6.54. The van der Waals surface area contributed by atoms with Gasteiger partial charge in [-0.2, -0.15) is 0 Å². The van der Waals surface area contributed by atoms with E-state index in [1.807, 2.05) is 0 Å². The summed E-state index contributed by atoms with van der Waals surface area (Å²) in [6, 6.07) is 3.22. The van der Waals surface area contributed by atoms with Gasteiger partial charge in [-0.1, -0.05) is 18.2 Å². The number of Topliss-reactive ketones (excluding diaryl/α,β-unsaturated/α-hetero) is 1. The fourth-order valence-electron chi connectivity index (χ4n) is 4.80. The highest BCUT2D eigenvalue weighted by atomic mass is 35.5. The smallest absolute Gasteiger partial charge is 0.316 e. The molecule has 1 fully saturated rings. The molecule has 2 N–H and O–H groups in total. The average molecular weight is 432 g/mol. The molecule has 1 aromatic rings. The Labute approximate surface area is 180 Å². The number of ether oxygens (including phenoxy) is 2. The number of benzene rings is 1. The normalized spacial score (nSPS) is 24.5. The molecule has 2 unspecified atom stereocenters. The van der Waals surface area contributed by atoms with E-state index in [-0.39, 0.29) is 28.4 Å². The second-order valence-electron chi connectivity index (χ2n) is 8.17. The largest absolute Gasteiger partial charge is 0.503 e. The van der Waals surface area contributed by atoms with Crippen LogP contribution < -0.4 is 10.1 Å². The van der Waals surface area contributed by atoms with Crippen molar-refractivity contribution < 1.29 is 24.2 Å². The van der Waals surface area contributed by atoms with Crippen LogP contribution in [0.3, 0.4) is 0 Å². The SMILES string of the molecule is C=C1NC2=C(C(=O)CCC2)C(c2cc(Cl)c(O)c(OC)c2)C1C(=O)OC1CCCC1. The molecule has 7 heteroatoms. The number of carbonyl (C=O) groups excluding carboxylic acids is 2. The van der Waals surface area contributed by atoms with Gasteiger partial charge in [0.2, 0.25) is 0 Å². The number of hydrogen-bond acceptors (Lipinski definition) is 6. The molecular weight excluding hydrogens is 406 g/mol. The molecule has 6 nitrogen and oxygen atoms in total. The topological polar surface area (TPSA) is 84.9 Å². The van der Waals surface area contributed by atoms with E-state index in [2.05, 4.69) is 11.9 Å². The number of allylic oxidation sites excluding steroid dienone is 2. The second-order valence-corrected chi connectivity index (χ2v) is 8.58. The van der Waals surface area contributed by atoms with E-state index in [1.54, 1.807) is 12.1 Å². The summed E-state index contributed by atoms with van der Waals surface area (Å²) in [6.45, 7) is 4.09. The molecule has 30 heavy (non-hydrogen) atoms. The van der Waals surface area contributed by atoms with Crippen LogP contribution in [-0.4, -0.2) is 30.1 Å². The zero-order valence-corrected chi connectivity index (χ0v) is 17.8. The number of esters is 1. The van der Waals surface area contributed by atoms with Gasteiger partial charge >= 0.3 is 5.97 Å². The first-order valence-corrected chi connectivity index (χ1v) is 10.8. The van der Waals surface area contributed by atoms with Gasteiger partial charge in [-0.05, 0) is 56.2 Å². The highest BCUT2D eigenvalue weighted by Crippen LogP contribution is 2.47. The molecule has 160 valence electrons. The molecule has 0 aromatic heterocycles. The van der Waals surface area contributed by atoms with E-state index >= 15 is 0 Å². The second kappa shape index (κ2) is 8.34. The van der Waals surface area contributed by atoms with Crippen LogP contribution in [0.25, 0.3) is 0 Å². The van der Waals surface area contributed by atoms with E-state index in [9.17, 15) is 14.7 Å². The van der Waals surface area contributed by atoms with E-state index in [0.717, 1.165) is 37.8 Å². The number of halogens is 1. The molecule has 1 aromatic carbocycles. The van der Waals surface area contributed by atoms with Crippen molar-refractivity contribution in [2.24, 2.45) is 5.92 Å². The maximum atomic E-state index is 13.3. The third-order valence-electron chi connectivity index (χ3n) is 6.26. The minimum atomic E-state index is -0.767. The summed E-state index contributed by atoms with van der Waals surface area (Å²) in [6.07, 6.45) is 5.60. The van der Waals surface area contributed by atoms with Gasteiger partial charge in [-0.15, -0.1) is 0 Å². The quantitative estimate of drug-likeness (QED) is 0.689. The molecule has 4 rings (SSSR count). The van der Waals surface area contributed by atoms with Gasteiger partial charge in [-0.3, -0.25) is 9.59 Å². The lowest BCUT2D eigenvalue weighted by Gasteiger charge is -2.38. The summed E-state index contributed by atoms with van der Waals surface area (Å²) >= 11 is 6.24. The molecule has 2 atom stereocenters. The summed E-state index contributed by atoms with van der Waals surface area (Å²) in [7, 11) is 1.43. The number of ketones is 1. The number of carbonyl (C=O) groups is 2. The van der Waals surface area contributed by atoms with Crippen LogP contribution in [0.1, 0.15) is 56.4 Å². The van der Waals surface area contributed by atoms with Crippen molar-refractivity contribution in [1.82, 2.24) is 5.32 Å². The zero-order chi connectivity index (χ0) is 21.4. The third kappa shape index (κ3) is 3.69. The molecule has 1 saturated carbocycles. The molecule has 1 heterocycles. The lowest BCUT2D eigenvalue weighted by atomic mass is 9.71. The number of phenolic OH excluding ortho intramolecular Hbond substituents is 1. The van der Waals surface area contributed by atoms with Gasteiger partial charge in [0, 0.05) is 29.3 Å². The molecule has 0 bridgehead atoms. The van der Waals surface area contributed by atoms with Gasteiger partial charge < -0.3 is 19.9 Å². The first kappa shape index (κ1) is 20.8. The van der Waals surface area contributed by atoms with Crippen molar-refractivity contribution >= 4 is 23.4 Å². The van der Waals surface area contributed by atoms with Crippen molar-refractivity contribution in [3.63, 3.8) is 0 Å². The van der Waals surface area contributed by atoms with Gasteiger partial charge in [0.15, 0.2) is 17.3 Å². The van der Waals surface area contributed by atoms with Gasteiger partial charge in [0.1, 0.15) is 12.0 Å². The van der Waals surface area contributed by atoms with Crippen LogP contribution in [-0.2, 0) is 14.3 Å². The minimum Gasteiger partial charge on any atom is -0.503 e. The van der Waals surface area contributed by atoms with Crippen molar-refractivity contribution in [2.45, 2.75) is 57.0 Å². The van der Waals surface area contributed by atoms with Crippen LogP contribution in [0.2, 0.25) is 5.02 Å². The van der Waals surface area contributed by atoms with E-state index in [4.69, 9.17) is 21.1 Å². The Hall–Kier alpha value is -2.47. The first-order chi connectivity index (χ1) is 14.4. The predicted molar refractivity (Wildman–Crippen MR) is 112 cm³/mol. The van der Waals surface area contributed by atoms with Crippen molar-refractivity contribution in [3.8, 4) is 11.5 Å². The Morgan fingerprint density at radius 1 is 1.23 bits per heavy atom. The standard InChI is InChI=1S/C23H26ClNO5/c1-12-19(23(28)30-14-6-3-4-7-14)20(21-16(25-12)8-5-9-17(21)26)13-10-15(24)22(27)18(11-13)29-2/h10-11,14,19-20,25,27H,1,3-9H2,2H3. The van der Waals surface area contributed by atoms with Gasteiger partial charge in [0.05, 0.1) is 12.1 Å². The lowest BCUT2D eigenvalue weighted by Crippen LogP contribution is -2.41. The fourth-order valence-corrected chi connectivity index (χ4v) is 5.02. The molecule has 2 aliphatic carbocycles. The zero-order valence-electron chi connectivity index (χ0n) is 17.0. The molecule has 1 aliphatic heterocycles. The summed E-state index contributed by atoms with van der Waals surface area (Å²) in [4.78, 5) is 26.2. The minimum absolute atomic E-state index is 0.00285. The van der Waals surface area contributed by atoms with Crippen molar-refractivity contribution in [3.05, 3.63) is 46.3 Å². The fraction of sp³-hybridized carbons (Fsp3) is 0.478. The number of rotatable bonds is 4. The Balaban J connectivity index is 1.81. The van der Waals surface area contributed by atoms with Crippen LogP contribution >= 0.6 is 11.6 Å². The Kier molecular flexibility index (Phi) is 5.78. The molecule has 0 spiro atoms. The Morgan fingerprint density at radius 3 is 2.67 bits per heavy atom. The van der Waals surface area contributed by atoms with Gasteiger partial charge in [-0.25, -0.2) is 0 Å². The molecule has 0 radical (unpaired) electrons. The number of aromatic hydroxyl groups is 1. The summed E-state index contributed by atoms with van der Waals surface area (Å²) in [5.74, 6) is -1.74. The predicted octanol–water partition coefficient (Wildman–Crippen LogP) is 4.36. The monoisotopic (exact) mass is 431 g/mol. The molecule has 0 saturated heterocycles. The number of phenols is 1. The number of methoxy groups -OCH3 is 1. The van der Waals surface area contributed by atoms with E-state index < -0.39 is 17.8 Å². The highest BCUT2D eigenvalue weighted by Gasteiger charge is 2.45. The summed E-state index contributed by atoms with van der Waals surface area (Å²) in [5.41, 5.74) is 2.51. The van der Waals surface area contributed by atoms with Crippen LogP contribution in [0.5, 0.6) is 11.5 Å². The van der Waals surface area contributed by atoms with Crippen LogP contribution in [0.15, 0.2) is 35.7 Å². The highest BCUT2D eigenvalue weighted by molar-refractivity contribution is 6.32. The number of nitrogens with one attached hydrogen (secondary N) is 1. The molecule has 0 amide bonds. The van der Waals surface area contributed by atoms with Crippen LogP contribution in [0.4, 0.5) is 0 Å². The molecular formula is C23H26ClNO5. The Bertz CT molecular complexity index is 932. The van der Waals surface area contributed by atoms with E-state index in [1.165, 1.54) is 7.11 Å². The van der Waals surface area contributed by atoms with Crippen LogP contribution in [0, 0.1) is 5.92 Å². The van der Waals surface area contributed by atoms with E-state index in [0.29, 0.717) is 29.7 Å². The van der Waals surface area contributed by atoms with Crippen molar-refractivity contribution in [2.75, 3.05) is 7.11 Å². The maximum Gasteiger partial charge on any atom is 0.316 e. The summed E-state index contributed by atoms with van der Waals surface area (Å²) in [5, 5.41) is 13.5. The molecule has 3 aliphatic rings. The van der Waals surface area contributed by atoms with Gasteiger partial charge in [0.25, 0.3) is 0 Å². The average Bonchev–Trinajstić information content (AvgIpc) is 3.22. The summed E-state index contributed by atoms with van der Waals surface area (Å²) < 4.78 is 11.1. The lowest BCUT2D eigenvalue weighted by molar-refractivity contribution is -0.153. The first-order valence-electron chi connectivity index (χ1n) is 10.4. The Morgan fingerprint density at radius 2 is 1.97 bits per heavy atom. The number of hydrogen-bond donors (Lipinski definition) is 2. The maximum absolute atomic E-state index is 13.3.